The molecule has 0 aromatic heterocycles. The molecular weight excluding hydrogens is 270 g/mol. The average Bonchev–Trinajstić information content (AvgIpc) is 2.09. The highest BCUT2D eigenvalue weighted by molar-refractivity contribution is 7.89. The zero-order chi connectivity index (χ0) is 16.0. The fraction of sp³-hybridized carbons (Fsp3) is 0.875. The lowest BCUT2D eigenvalue weighted by atomic mass is 9.79. The Bertz CT molecular complexity index is 475. The van der Waals surface area contributed by atoms with Gasteiger partial charge in [-0.25, -0.2) is 8.42 Å². The van der Waals surface area contributed by atoms with Crippen molar-refractivity contribution in [2.24, 2.45) is 10.8 Å². The molecule has 1 fully saturated rings. The van der Waals surface area contributed by atoms with Crippen LogP contribution >= 0.6 is 0 Å². The highest BCUT2D eigenvalue weighted by Gasteiger charge is 2.48. The fourth-order valence-electron chi connectivity index (χ4n) is 4.02. The van der Waals surface area contributed by atoms with Crippen molar-refractivity contribution < 1.29 is 8.42 Å². The molecule has 0 radical (unpaired) electrons. The minimum absolute atomic E-state index is 0.0411. The van der Waals surface area contributed by atoms with Crippen LogP contribution in [-0.4, -0.2) is 30.1 Å². The molecule has 1 aliphatic heterocycles. The molecule has 1 rings (SSSR count). The van der Waals surface area contributed by atoms with Gasteiger partial charge in [0.1, 0.15) is 0 Å². The maximum Gasteiger partial charge on any atom is 0.215 e. The Kier molecular flexibility index (Phi) is 4.54. The normalized spacial score (nSPS) is 27.2. The highest BCUT2D eigenvalue weighted by Crippen LogP contribution is 2.42. The van der Waals surface area contributed by atoms with E-state index in [1.807, 2.05) is 40.7 Å². The van der Waals surface area contributed by atoms with E-state index in [4.69, 9.17) is 0 Å². The van der Waals surface area contributed by atoms with Gasteiger partial charge in [-0.2, -0.15) is 4.31 Å². The van der Waals surface area contributed by atoms with Crippen molar-refractivity contribution in [1.29, 1.82) is 0 Å². The molecule has 0 amide bonds. The first-order valence-corrected chi connectivity index (χ1v) is 8.99. The van der Waals surface area contributed by atoms with Crippen LogP contribution in [0.4, 0.5) is 0 Å². The van der Waals surface area contributed by atoms with Crippen molar-refractivity contribution in [3.05, 3.63) is 12.7 Å². The zero-order valence-corrected chi connectivity index (χ0v) is 15.0. The molecule has 1 atom stereocenters. The maximum absolute atomic E-state index is 12.7. The Balaban J connectivity index is 3.14. The van der Waals surface area contributed by atoms with Crippen molar-refractivity contribution in [2.75, 3.05) is 5.75 Å². The van der Waals surface area contributed by atoms with E-state index in [9.17, 15) is 8.42 Å². The van der Waals surface area contributed by atoms with Gasteiger partial charge in [-0.1, -0.05) is 33.8 Å². The molecule has 20 heavy (non-hydrogen) atoms. The lowest BCUT2D eigenvalue weighted by Crippen LogP contribution is -2.59. The maximum atomic E-state index is 12.7. The summed E-state index contributed by atoms with van der Waals surface area (Å²) >= 11 is 0. The monoisotopic (exact) mass is 301 g/mol. The SMILES string of the molecule is C=CC(C)(C)CC(C)(C)N1C(C)CC(C)(C)CS1(=O)=O. The Morgan fingerprint density at radius 3 is 2.20 bits per heavy atom. The van der Waals surface area contributed by atoms with Gasteiger partial charge >= 0.3 is 0 Å². The van der Waals surface area contributed by atoms with Crippen molar-refractivity contribution >= 4 is 10.0 Å². The third-order valence-electron chi connectivity index (χ3n) is 4.16. The van der Waals surface area contributed by atoms with E-state index in [1.54, 1.807) is 4.31 Å². The Morgan fingerprint density at radius 2 is 1.80 bits per heavy atom. The van der Waals surface area contributed by atoms with Crippen LogP contribution in [0.2, 0.25) is 0 Å². The third-order valence-corrected chi connectivity index (χ3v) is 6.76. The lowest BCUT2D eigenvalue weighted by Gasteiger charge is -2.50. The Morgan fingerprint density at radius 1 is 1.30 bits per heavy atom. The molecule has 0 aliphatic carbocycles. The fourth-order valence-corrected chi connectivity index (χ4v) is 6.70. The van der Waals surface area contributed by atoms with Gasteiger partial charge in [0.15, 0.2) is 0 Å². The van der Waals surface area contributed by atoms with Crippen LogP contribution < -0.4 is 0 Å². The molecule has 0 N–H and O–H groups in total. The first kappa shape index (κ1) is 17.7. The van der Waals surface area contributed by atoms with Gasteiger partial charge in [0, 0.05) is 11.6 Å². The molecule has 1 aliphatic rings. The van der Waals surface area contributed by atoms with Gasteiger partial charge < -0.3 is 0 Å². The summed E-state index contributed by atoms with van der Waals surface area (Å²) in [6.07, 6.45) is 3.59. The van der Waals surface area contributed by atoms with Gasteiger partial charge in [0.05, 0.1) is 5.75 Å². The average molecular weight is 301 g/mol. The van der Waals surface area contributed by atoms with Crippen LogP contribution in [0.25, 0.3) is 0 Å². The molecule has 4 heteroatoms. The standard InChI is InChI=1S/C16H31NO2S/c1-9-14(3,4)11-16(7,8)17-13(2)10-15(5,6)12-20(17,18)19/h9,13H,1,10-12H2,2-8H3. The van der Waals surface area contributed by atoms with E-state index in [1.165, 1.54) is 0 Å². The molecule has 0 bridgehead atoms. The highest BCUT2D eigenvalue weighted by atomic mass is 32.2. The summed E-state index contributed by atoms with van der Waals surface area (Å²) < 4.78 is 27.2. The summed E-state index contributed by atoms with van der Waals surface area (Å²) in [6.45, 7) is 18.3. The van der Waals surface area contributed by atoms with Crippen LogP contribution in [-0.2, 0) is 10.0 Å². The van der Waals surface area contributed by atoms with E-state index in [2.05, 4.69) is 20.4 Å². The van der Waals surface area contributed by atoms with Gasteiger partial charge in [-0.3, -0.25) is 0 Å². The molecule has 0 spiro atoms. The minimum Gasteiger partial charge on any atom is -0.212 e. The van der Waals surface area contributed by atoms with Crippen LogP contribution in [0.15, 0.2) is 12.7 Å². The van der Waals surface area contributed by atoms with Crippen molar-refractivity contribution in [2.45, 2.75) is 72.9 Å². The molecule has 0 aromatic rings. The Labute approximate surface area is 125 Å². The predicted molar refractivity (Wildman–Crippen MR) is 86.2 cm³/mol. The number of allylic oxidation sites excluding steroid dienone is 1. The number of sulfonamides is 1. The van der Waals surface area contributed by atoms with Crippen LogP contribution in [0, 0.1) is 10.8 Å². The second-order valence-corrected chi connectivity index (χ2v) is 10.3. The molecule has 0 saturated carbocycles. The first-order chi connectivity index (χ1) is 8.72. The van der Waals surface area contributed by atoms with Gasteiger partial charge in [-0.05, 0) is 44.4 Å². The topological polar surface area (TPSA) is 37.4 Å². The summed E-state index contributed by atoms with van der Waals surface area (Å²) in [7, 11) is -3.22. The molecule has 118 valence electrons. The van der Waals surface area contributed by atoms with Gasteiger partial charge in [-0.15, -0.1) is 6.58 Å². The van der Waals surface area contributed by atoms with Crippen LogP contribution in [0.3, 0.4) is 0 Å². The summed E-state index contributed by atoms with van der Waals surface area (Å²) in [5, 5.41) is 0. The van der Waals surface area contributed by atoms with E-state index in [0.717, 1.165) is 12.8 Å². The van der Waals surface area contributed by atoms with E-state index in [0.29, 0.717) is 0 Å². The smallest absolute Gasteiger partial charge is 0.212 e. The Hall–Kier alpha value is -0.350. The number of rotatable bonds is 4. The van der Waals surface area contributed by atoms with E-state index < -0.39 is 15.6 Å². The summed E-state index contributed by atoms with van der Waals surface area (Å²) in [4.78, 5) is 0. The van der Waals surface area contributed by atoms with Crippen molar-refractivity contribution in [3.8, 4) is 0 Å². The number of nitrogens with zero attached hydrogens (tertiary/aromatic N) is 1. The van der Waals surface area contributed by atoms with Crippen LogP contribution in [0.5, 0.6) is 0 Å². The van der Waals surface area contributed by atoms with Crippen molar-refractivity contribution in [1.82, 2.24) is 4.31 Å². The number of hydrogen-bond donors (Lipinski definition) is 0. The summed E-state index contributed by atoms with van der Waals surface area (Å²) in [5.74, 6) is 0.238. The third kappa shape index (κ3) is 3.85. The number of hydrogen-bond acceptors (Lipinski definition) is 2. The summed E-state index contributed by atoms with van der Waals surface area (Å²) in [5.41, 5.74) is -0.614. The van der Waals surface area contributed by atoms with E-state index in [-0.39, 0.29) is 22.6 Å². The second kappa shape index (κ2) is 5.13. The molecule has 1 heterocycles. The molecule has 1 saturated heterocycles. The lowest BCUT2D eigenvalue weighted by molar-refractivity contribution is 0.0976. The van der Waals surface area contributed by atoms with Gasteiger partial charge in [0.25, 0.3) is 0 Å². The van der Waals surface area contributed by atoms with E-state index >= 15 is 0 Å². The summed E-state index contributed by atoms with van der Waals surface area (Å²) in [6, 6.07) is 0.0411. The molecular formula is C16H31NO2S. The zero-order valence-electron chi connectivity index (χ0n) is 14.2. The second-order valence-electron chi connectivity index (χ2n) is 8.45. The first-order valence-electron chi connectivity index (χ1n) is 7.38. The quantitative estimate of drug-likeness (QED) is 0.740. The minimum atomic E-state index is -3.22. The molecule has 3 nitrogen and oxygen atoms in total. The predicted octanol–water partition coefficient (Wildman–Crippen LogP) is 3.82. The van der Waals surface area contributed by atoms with Gasteiger partial charge in [0.2, 0.25) is 10.0 Å². The van der Waals surface area contributed by atoms with Crippen LogP contribution in [0.1, 0.15) is 61.3 Å². The molecule has 1 unspecified atom stereocenters. The molecule has 0 aromatic carbocycles. The largest absolute Gasteiger partial charge is 0.215 e. The van der Waals surface area contributed by atoms with Crippen molar-refractivity contribution in [3.63, 3.8) is 0 Å².